The van der Waals surface area contributed by atoms with Crippen molar-refractivity contribution in [2.45, 2.75) is 13.8 Å². The Morgan fingerprint density at radius 2 is 1.73 bits per heavy atom. The van der Waals surface area contributed by atoms with Crippen LogP contribution < -0.4 is 0 Å². The minimum absolute atomic E-state index is 0. The zero-order valence-corrected chi connectivity index (χ0v) is 19.1. The summed E-state index contributed by atoms with van der Waals surface area (Å²) in [6.07, 6.45) is 3.44. The number of fused-ring (bicyclic) bond motifs is 1. The van der Waals surface area contributed by atoms with Gasteiger partial charge in [0.05, 0.1) is 6.26 Å². The Morgan fingerprint density at radius 1 is 0.833 bits per heavy atom. The van der Waals surface area contributed by atoms with Crippen molar-refractivity contribution in [1.82, 2.24) is 9.97 Å². The third-order valence-corrected chi connectivity index (χ3v) is 4.48. The number of hydrogen-bond acceptors (Lipinski definition) is 3. The first kappa shape index (κ1) is 21.6. The van der Waals surface area contributed by atoms with Crippen molar-refractivity contribution in [1.29, 1.82) is 0 Å². The summed E-state index contributed by atoms with van der Waals surface area (Å²) < 4.78 is 5.35. The monoisotopic (exact) mass is 569 g/mol. The summed E-state index contributed by atoms with van der Waals surface area (Å²) in [5, 5.41) is 1.03. The number of pyridine rings is 2. The number of rotatable bonds is 2. The molecule has 0 aliphatic rings. The van der Waals surface area contributed by atoms with Crippen LogP contribution in [0.3, 0.4) is 0 Å². The Hall–Kier alpha value is -3.07. The molecule has 0 saturated heterocycles. The van der Waals surface area contributed by atoms with E-state index in [-0.39, 0.29) is 20.1 Å². The summed E-state index contributed by atoms with van der Waals surface area (Å²) in [4.78, 5) is 8.80. The van der Waals surface area contributed by atoms with Crippen molar-refractivity contribution in [2.75, 3.05) is 0 Å². The van der Waals surface area contributed by atoms with Gasteiger partial charge in [-0.2, -0.15) is 0 Å². The molecule has 3 heterocycles. The second-order valence-electron chi connectivity index (χ2n) is 6.71. The Balaban J connectivity index is 0.000000169. The van der Waals surface area contributed by atoms with E-state index in [1.807, 2.05) is 80.6 Å². The van der Waals surface area contributed by atoms with Gasteiger partial charge in [-0.3, -0.25) is 0 Å². The summed E-state index contributed by atoms with van der Waals surface area (Å²) in [6, 6.07) is 30.1. The van der Waals surface area contributed by atoms with Crippen LogP contribution >= 0.6 is 0 Å². The molecule has 3 aromatic heterocycles. The number of nitrogens with zero attached hydrogens (tertiary/aromatic N) is 2. The van der Waals surface area contributed by atoms with Crippen molar-refractivity contribution in [3.05, 3.63) is 109 Å². The molecule has 0 unspecified atom stereocenters. The average Bonchev–Trinajstić information content (AvgIpc) is 3.25. The summed E-state index contributed by atoms with van der Waals surface area (Å²) in [5.74, 6) is 0. The minimum Gasteiger partial charge on any atom is -0.465 e. The van der Waals surface area contributed by atoms with Crippen LogP contribution in [0.2, 0.25) is 0 Å². The van der Waals surface area contributed by atoms with Gasteiger partial charge < -0.3 is 14.4 Å². The minimum atomic E-state index is 0. The fourth-order valence-electron chi connectivity index (χ4n) is 3.00. The summed E-state index contributed by atoms with van der Waals surface area (Å²) >= 11 is 0. The van der Waals surface area contributed by atoms with Gasteiger partial charge in [0.2, 0.25) is 0 Å². The molecule has 0 N–H and O–H groups in total. The van der Waals surface area contributed by atoms with Crippen LogP contribution in [-0.4, -0.2) is 9.97 Å². The molecular weight excluding hydrogens is 549 g/mol. The van der Waals surface area contributed by atoms with Crippen LogP contribution in [0.25, 0.3) is 33.5 Å². The van der Waals surface area contributed by atoms with Crippen LogP contribution in [-0.2, 0) is 20.1 Å². The zero-order chi connectivity index (χ0) is 20.1. The van der Waals surface area contributed by atoms with E-state index >= 15 is 0 Å². The van der Waals surface area contributed by atoms with Crippen LogP contribution in [0, 0.1) is 26.0 Å². The Labute approximate surface area is 190 Å². The number of aryl methyl sites for hydroxylation is 2. The molecule has 3 nitrogen and oxygen atoms in total. The van der Waals surface area contributed by atoms with E-state index in [9.17, 15) is 0 Å². The van der Waals surface area contributed by atoms with E-state index in [4.69, 9.17) is 4.42 Å². The van der Waals surface area contributed by atoms with E-state index in [1.165, 1.54) is 5.56 Å². The maximum absolute atomic E-state index is 5.35. The number of furan rings is 1. The van der Waals surface area contributed by atoms with Gasteiger partial charge in [0.15, 0.2) is 0 Å². The maximum Gasteiger partial charge on any atom is 0.128 e. The summed E-state index contributed by atoms with van der Waals surface area (Å²) in [6.45, 7) is 4.04. The topological polar surface area (TPSA) is 38.9 Å². The summed E-state index contributed by atoms with van der Waals surface area (Å²) in [7, 11) is 0. The second kappa shape index (κ2) is 10.1. The van der Waals surface area contributed by atoms with Crippen molar-refractivity contribution in [2.24, 2.45) is 0 Å². The molecule has 0 bridgehead atoms. The van der Waals surface area contributed by atoms with E-state index in [1.54, 1.807) is 12.5 Å². The van der Waals surface area contributed by atoms with Gasteiger partial charge in [0.1, 0.15) is 5.58 Å². The Morgan fingerprint density at radius 3 is 2.47 bits per heavy atom. The fourth-order valence-corrected chi connectivity index (χ4v) is 3.00. The van der Waals surface area contributed by atoms with Crippen LogP contribution in [0.15, 0.2) is 89.7 Å². The maximum atomic E-state index is 5.35. The fraction of sp³-hybridized carbons (Fsp3) is 0.0769. The SMILES string of the molecule is Cc1c[c-]c(-c2nccc3occc23)cc1.Cc1cccc(-c2[c-]cccc2)n1.[Ir]. The molecule has 151 valence electrons. The molecule has 0 fully saturated rings. The molecular formula is C26H20IrN2O-2. The molecule has 4 heteroatoms. The molecule has 5 rings (SSSR count). The standard InChI is InChI=1S/C14H10NO.C12H10N.Ir/c1-10-2-4-11(5-3-10)14-12-7-9-16-13(12)6-8-15-14;1-10-6-5-9-12(13-10)11-7-3-2-4-8-11;/h2-4,6-9H,1H3;2-7,9H,1H3;/q2*-1;. The van der Waals surface area contributed by atoms with Gasteiger partial charge in [-0.25, -0.2) is 0 Å². The van der Waals surface area contributed by atoms with Gasteiger partial charge in [-0.1, -0.05) is 19.1 Å². The summed E-state index contributed by atoms with van der Waals surface area (Å²) in [5.41, 5.74) is 7.05. The number of hydrogen-bond donors (Lipinski definition) is 0. The van der Waals surface area contributed by atoms with Crippen molar-refractivity contribution in [3.63, 3.8) is 0 Å². The molecule has 1 radical (unpaired) electrons. The smallest absolute Gasteiger partial charge is 0.128 e. The molecule has 0 aliphatic carbocycles. The first-order chi connectivity index (χ1) is 14.2. The third kappa shape index (κ3) is 5.10. The largest absolute Gasteiger partial charge is 0.465 e. The first-order valence-corrected chi connectivity index (χ1v) is 9.42. The van der Waals surface area contributed by atoms with E-state index in [2.05, 4.69) is 28.2 Å². The predicted octanol–water partition coefficient (Wildman–Crippen LogP) is 6.46. The van der Waals surface area contributed by atoms with Gasteiger partial charge in [-0.05, 0) is 36.5 Å². The van der Waals surface area contributed by atoms with Gasteiger partial charge in [-0.15, -0.1) is 71.3 Å². The van der Waals surface area contributed by atoms with E-state index < -0.39 is 0 Å². The molecule has 0 aliphatic heterocycles. The van der Waals surface area contributed by atoms with Crippen LogP contribution in [0.5, 0.6) is 0 Å². The van der Waals surface area contributed by atoms with Gasteiger partial charge in [0, 0.05) is 37.4 Å². The number of benzene rings is 2. The second-order valence-corrected chi connectivity index (χ2v) is 6.71. The van der Waals surface area contributed by atoms with E-state index in [0.29, 0.717) is 0 Å². The normalized spacial score (nSPS) is 10.1. The molecule has 0 atom stereocenters. The quantitative estimate of drug-likeness (QED) is 0.230. The third-order valence-electron chi connectivity index (χ3n) is 4.48. The molecule has 5 aromatic rings. The van der Waals surface area contributed by atoms with Crippen LogP contribution in [0.4, 0.5) is 0 Å². The Kier molecular flexibility index (Phi) is 7.29. The molecule has 0 amide bonds. The Bertz CT molecular complexity index is 1210. The molecule has 30 heavy (non-hydrogen) atoms. The zero-order valence-electron chi connectivity index (χ0n) is 16.7. The first-order valence-electron chi connectivity index (χ1n) is 9.42. The van der Waals surface area contributed by atoms with Crippen molar-refractivity contribution in [3.8, 4) is 22.5 Å². The average molecular weight is 569 g/mol. The molecule has 0 saturated carbocycles. The van der Waals surface area contributed by atoms with Gasteiger partial charge >= 0.3 is 0 Å². The van der Waals surface area contributed by atoms with Crippen LogP contribution in [0.1, 0.15) is 11.3 Å². The molecule has 2 aromatic carbocycles. The van der Waals surface area contributed by atoms with E-state index in [0.717, 1.165) is 39.2 Å². The van der Waals surface area contributed by atoms with Crippen molar-refractivity contribution < 1.29 is 24.5 Å². The van der Waals surface area contributed by atoms with Crippen molar-refractivity contribution >= 4 is 11.0 Å². The molecule has 0 spiro atoms. The predicted molar refractivity (Wildman–Crippen MR) is 116 cm³/mol. The number of aromatic nitrogens is 2. The van der Waals surface area contributed by atoms with Gasteiger partial charge in [0.25, 0.3) is 0 Å².